The topological polar surface area (TPSA) is 78.9 Å². The van der Waals surface area contributed by atoms with Gasteiger partial charge >= 0.3 is 17.9 Å². The SMILES string of the molecule is CCCCCCCCCCCCCCCCC(=O)OC[C@H](COC(=O)CCCCCCCCCCCCCCCC(C)C)OC(=O)CCCCCCCCCCCCCCC. The van der Waals surface area contributed by atoms with E-state index in [0.29, 0.717) is 19.3 Å². The summed E-state index contributed by atoms with van der Waals surface area (Å²) in [5.74, 6) is 0.000739. The first kappa shape index (κ1) is 59.4. The van der Waals surface area contributed by atoms with Crippen molar-refractivity contribution in [3.63, 3.8) is 0 Å². The van der Waals surface area contributed by atoms with Crippen molar-refractivity contribution in [1.29, 1.82) is 0 Å². The highest BCUT2D eigenvalue weighted by molar-refractivity contribution is 5.71. The van der Waals surface area contributed by atoms with Crippen molar-refractivity contribution in [2.45, 2.75) is 316 Å². The van der Waals surface area contributed by atoms with Crippen molar-refractivity contribution < 1.29 is 28.6 Å². The third-order valence-electron chi connectivity index (χ3n) is 12.5. The van der Waals surface area contributed by atoms with Crippen LogP contribution in [0.4, 0.5) is 0 Å². The molecule has 0 heterocycles. The van der Waals surface area contributed by atoms with E-state index >= 15 is 0 Å². The van der Waals surface area contributed by atoms with E-state index in [9.17, 15) is 14.4 Å². The summed E-state index contributed by atoms with van der Waals surface area (Å²) in [4.78, 5) is 38.0. The van der Waals surface area contributed by atoms with Gasteiger partial charge in [-0.25, -0.2) is 0 Å². The number of ether oxygens (including phenoxy) is 3. The fraction of sp³-hybridized carbons (Fsp3) is 0.945. The maximum atomic E-state index is 12.8. The zero-order chi connectivity index (χ0) is 44.5. The quantitative estimate of drug-likeness (QED) is 0.0344. The van der Waals surface area contributed by atoms with E-state index in [1.165, 1.54) is 205 Å². The Morgan fingerprint density at radius 2 is 0.541 bits per heavy atom. The fourth-order valence-corrected chi connectivity index (χ4v) is 8.39. The maximum absolute atomic E-state index is 12.8. The second-order valence-corrected chi connectivity index (χ2v) is 19.3. The molecule has 0 aromatic heterocycles. The Morgan fingerprint density at radius 1 is 0.311 bits per heavy atom. The average Bonchev–Trinajstić information content (AvgIpc) is 3.24. The van der Waals surface area contributed by atoms with E-state index in [1.54, 1.807) is 0 Å². The molecule has 0 aromatic carbocycles. The molecule has 1 atom stereocenters. The molecule has 0 saturated carbocycles. The van der Waals surface area contributed by atoms with E-state index < -0.39 is 6.10 Å². The fourth-order valence-electron chi connectivity index (χ4n) is 8.39. The summed E-state index contributed by atoms with van der Waals surface area (Å²) in [7, 11) is 0. The summed E-state index contributed by atoms with van der Waals surface area (Å²) in [6.07, 6.45) is 52.3. The zero-order valence-electron chi connectivity index (χ0n) is 41.6. The van der Waals surface area contributed by atoms with E-state index in [-0.39, 0.29) is 31.1 Å². The molecule has 0 spiro atoms. The standard InChI is InChI=1S/C55H106O6/c1-5-7-9-11-13-15-17-19-23-26-30-34-38-42-46-53(56)59-49-52(61-55(58)48-44-40-36-32-28-21-18-16-14-12-10-8-6-2)50-60-54(57)47-43-39-35-31-27-24-20-22-25-29-33-37-41-45-51(3)4/h51-52H,5-50H2,1-4H3/t52-/m1/s1. The Balaban J connectivity index is 4.29. The predicted octanol–water partition coefficient (Wildman–Crippen LogP) is 17.8. The first-order valence-electron chi connectivity index (χ1n) is 27.4. The van der Waals surface area contributed by atoms with Gasteiger partial charge in [-0.05, 0) is 25.2 Å². The summed E-state index contributed by atoms with van der Waals surface area (Å²) < 4.78 is 16.8. The minimum absolute atomic E-state index is 0.0621. The maximum Gasteiger partial charge on any atom is 0.306 e. The largest absolute Gasteiger partial charge is 0.462 e. The van der Waals surface area contributed by atoms with Crippen molar-refractivity contribution in [2.75, 3.05) is 13.2 Å². The molecule has 6 nitrogen and oxygen atoms in total. The van der Waals surface area contributed by atoms with Crippen LogP contribution in [0.5, 0.6) is 0 Å². The Labute approximate surface area is 380 Å². The van der Waals surface area contributed by atoms with Gasteiger partial charge in [-0.2, -0.15) is 0 Å². The lowest BCUT2D eigenvalue weighted by atomic mass is 10.0. The first-order valence-corrected chi connectivity index (χ1v) is 27.4. The molecule has 0 aliphatic carbocycles. The Kier molecular flexibility index (Phi) is 48.1. The lowest BCUT2D eigenvalue weighted by Crippen LogP contribution is -2.30. The van der Waals surface area contributed by atoms with Crippen LogP contribution in [0.25, 0.3) is 0 Å². The number of hydrogen-bond acceptors (Lipinski definition) is 6. The number of hydrogen-bond donors (Lipinski definition) is 0. The molecular formula is C55H106O6. The highest BCUT2D eigenvalue weighted by Gasteiger charge is 2.19. The van der Waals surface area contributed by atoms with Crippen molar-refractivity contribution in [3.8, 4) is 0 Å². The van der Waals surface area contributed by atoms with Crippen molar-refractivity contribution in [3.05, 3.63) is 0 Å². The summed E-state index contributed by atoms with van der Waals surface area (Å²) in [5, 5.41) is 0. The molecule has 61 heavy (non-hydrogen) atoms. The smallest absolute Gasteiger partial charge is 0.306 e. The number of esters is 3. The van der Waals surface area contributed by atoms with Crippen LogP contribution in [-0.2, 0) is 28.6 Å². The van der Waals surface area contributed by atoms with Crippen LogP contribution in [0.15, 0.2) is 0 Å². The van der Waals surface area contributed by atoms with Gasteiger partial charge in [-0.1, -0.05) is 272 Å². The zero-order valence-corrected chi connectivity index (χ0v) is 41.6. The summed E-state index contributed by atoms with van der Waals surface area (Å²) in [6, 6.07) is 0. The van der Waals surface area contributed by atoms with Gasteiger partial charge in [-0.3, -0.25) is 14.4 Å². The second-order valence-electron chi connectivity index (χ2n) is 19.3. The molecule has 0 bridgehead atoms. The minimum Gasteiger partial charge on any atom is -0.462 e. The predicted molar refractivity (Wildman–Crippen MR) is 261 cm³/mol. The second kappa shape index (κ2) is 49.4. The molecule has 0 radical (unpaired) electrons. The van der Waals surface area contributed by atoms with Crippen LogP contribution >= 0.6 is 0 Å². The Hall–Kier alpha value is -1.59. The third-order valence-corrected chi connectivity index (χ3v) is 12.5. The molecule has 0 N–H and O–H groups in total. The molecule has 0 aromatic rings. The number of carbonyl (C=O) groups excluding carboxylic acids is 3. The average molecular weight is 863 g/mol. The molecule has 0 rings (SSSR count). The van der Waals surface area contributed by atoms with Gasteiger partial charge < -0.3 is 14.2 Å². The molecule has 6 heteroatoms. The minimum atomic E-state index is -0.761. The van der Waals surface area contributed by atoms with Gasteiger partial charge in [0.25, 0.3) is 0 Å². The van der Waals surface area contributed by atoms with Gasteiger partial charge in [0, 0.05) is 19.3 Å². The highest BCUT2D eigenvalue weighted by atomic mass is 16.6. The lowest BCUT2D eigenvalue weighted by Gasteiger charge is -2.18. The van der Waals surface area contributed by atoms with Crippen LogP contribution < -0.4 is 0 Å². The van der Waals surface area contributed by atoms with E-state index in [1.807, 2.05) is 0 Å². The molecule has 0 fully saturated rings. The number of carbonyl (C=O) groups is 3. The molecule has 0 saturated heterocycles. The van der Waals surface area contributed by atoms with E-state index in [2.05, 4.69) is 27.7 Å². The molecule has 0 aliphatic rings. The molecular weight excluding hydrogens is 757 g/mol. The monoisotopic (exact) mass is 863 g/mol. The molecule has 0 aliphatic heterocycles. The Bertz CT molecular complexity index is 918. The molecule has 362 valence electrons. The van der Waals surface area contributed by atoms with Crippen molar-refractivity contribution in [1.82, 2.24) is 0 Å². The van der Waals surface area contributed by atoms with Gasteiger partial charge in [0.2, 0.25) is 0 Å². The van der Waals surface area contributed by atoms with Crippen LogP contribution in [0, 0.1) is 5.92 Å². The van der Waals surface area contributed by atoms with Gasteiger partial charge in [-0.15, -0.1) is 0 Å². The normalized spacial score (nSPS) is 12.0. The van der Waals surface area contributed by atoms with E-state index in [4.69, 9.17) is 14.2 Å². The highest BCUT2D eigenvalue weighted by Crippen LogP contribution is 2.17. The number of rotatable bonds is 50. The van der Waals surface area contributed by atoms with Crippen LogP contribution in [0.2, 0.25) is 0 Å². The molecule has 0 unspecified atom stereocenters. The van der Waals surface area contributed by atoms with E-state index in [0.717, 1.165) is 63.7 Å². The molecule has 0 amide bonds. The van der Waals surface area contributed by atoms with Crippen LogP contribution in [0.3, 0.4) is 0 Å². The number of unbranched alkanes of at least 4 members (excludes halogenated alkanes) is 37. The summed E-state index contributed by atoms with van der Waals surface area (Å²) in [6.45, 7) is 9.05. The first-order chi connectivity index (χ1) is 29.9. The third kappa shape index (κ3) is 49.3. The van der Waals surface area contributed by atoms with Crippen molar-refractivity contribution >= 4 is 17.9 Å². The van der Waals surface area contributed by atoms with Gasteiger partial charge in [0.15, 0.2) is 6.10 Å². The van der Waals surface area contributed by atoms with Crippen LogP contribution in [0.1, 0.15) is 310 Å². The lowest BCUT2D eigenvalue weighted by molar-refractivity contribution is -0.167. The Morgan fingerprint density at radius 3 is 0.803 bits per heavy atom. The summed E-state index contributed by atoms with van der Waals surface area (Å²) in [5.41, 5.74) is 0. The van der Waals surface area contributed by atoms with Crippen LogP contribution in [-0.4, -0.2) is 37.2 Å². The summed E-state index contributed by atoms with van der Waals surface area (Å²) >= 11 is 0. The van der Waals surface area contributed by atoms with Gasteiger partial charge in [0.05, 0.1) is 0 Å². The van der Waals surface area contributed by atoms with Crippen molar-refractivity contribution in [2.24, 2.45) is 5.92 Å². The van der Waals surface area contributed by atoms with Gasteiger partial charge in [0.1, 0.15) is 13.2 Å².